The molecule has 0 spiro atoms. The molecule has 0 aliphatic carbocycles. The van der Waals surface area contributed by atoms with Crippen LogP contribution in [0.5, 0.6) is 0 Å². The Morgan fingerprint density at radius 3 is 2.48 bits per heavy atom. The predicted molar refractivity (Wildman–Crippen MR) is 115 cm³/mol. The summed E-state index contributed by atoms with van der Waals surface area (Å²) in [5.74, 6) is 0.669. The highest BCUT2D eigenvalue weighted by molar-refractivity contribution is 7.21. The van der Waals surface area contributed by atoms with Gasteiger partial charge in [0.25, 0.3) is 11.5 Å². The molecule has 146 valence electrons. The minimum atomic E-state index is -0.0694. The fraction of sp³-hybridized carbons (Fsp3) is 0.238. The van der Waals surface area contributed by atoms with Crippen LogP contribution in [-0.2, 0) is 7.05 Å². The zero-order chi connectivity index (χ0) is 20.0. The summed E-state index contributed by atoms with van der Waals surface area (Å²) < 4.78 is 2.53. The first-order valence-corrected chi connectivity index (χ1v) is 10.3. The van der Waals surface area contributed by atoms with Crippen LogP contribution in [0.15, 0.2) is 53.6 Å². The molecule has 1 saturated heterocycles. The van der Waals surface area contributed by atoms with Crippen LogP contribution in [-0.4, -0.2) is 51.5 Å². The lowest BCUT2D eigenvalue weighted by Gasteiger charge is -2.34. The van der Waals surface area contributed by atoms with Crippen LogP contribution in [0, 0.1) is 0 Å². The summed E-state index contributed by atoms with van der Waals surface area (Å²) in [4.78, 5) is 39.0. The second kappa shape index (κ2) is 6.97. The monoisotopic (exact) mass is 405 g/mol. The number of nitrogens with zero attached hydrogens (tertiary/aromatic N) is 5. The third-order valence-electron chi connectivity index (χ3n) is 5.39. The molecule has 29 heavy (non-hydrogen) atoms. The molecule has 1 aliphatic rings. The van der Waals surface area contributed by atoms with Crippen molar-refractivity contribution in [2.75, 3.05) is 31.1 Å². The number of carbonyl (C=O) groups excluding carboxylic acids is 1. The van der Waals surface area contributed by atoms with E-state index < -0.39 is 0 Å². The Bertz CT molecular complexity index is 1270. The number of anilines is 1. The Morgan fingerprint density at radius 2 is 1.72 bits per heavy atom. The fourth-order valence-corrected chi connectivity index (χ4v) is 4.98. The van der Waals surface area contributed by atoms with E-state index in [0.29, 0.717) is 42.4 Å². The first-order valence-electron chi connectivity index (χ1n) is 9.46. The standard InChI is InChI=1S/C21H19N5O2S/c1-24-16-6-3-2-5-14(16)18-15(19(24)27)13-17(29-18)20(28)25-9-11-26(12-10-25)21-22-7-4-8-23-21/h2-8,13H,9-12H2,1H3. The average Bonchev–Trinajstić information content (AvgIpc) is 3.24. The van der Waals surface area contributed by atoms with E-state index in [1.807, 2.05) is 29.2 Å². The summed E-state index contributed by atoms with van der Waals surface area (Å²) in [6, 6.07) is 11.4. The first-order chi connectivity index (χ1) is 14.1. The zero-order valence-corrected chi connectivity index (χ0v) is 16.7. The molecule has 0 N–H and O–H groups in total. The molecule has 8 heteroatoms. The van der Waals surface area contributed by atoms with Gasteiger partial charge in [0.05, 0.1) is 15.8 Å². The highest BCUT2D eigenvalue weighted by Crippen LogP contribution is 2.31. The smallest absolute Gasteiger partial charge is 0.264 e. The third-order valence-corrected chi connectivity index (χ3v) is 6.55. The van der Waals surface area contributed by atoms with Gasteiger partial charge in [-0.1, -0.05) is 18.2 Å². The van der Waals surface area contributed by atoms with Crippen LogP contribution in [0.4, 0.5) is 5.95 Å². The summed E-state index contributed by atoms with van der Waals surface area (Å²) in [5, 5.41) is 1.61. The Hall–Kier alpha value is -3.26. The fourth-order valence-electron chi connectivity index (χ4n) is 3.82. The number of carbonyl (C=O) groups is 1. The Morgan fingerprint density at radius 1 is 1.00 bits per heavy atom. The van der Waals surface area contributed by atoms with Crippen molar-refractivity contribution in [1.29, 1.82) is 0 Å². The third kappa shape index (κ3) is 2.96. The van der Waals surface area contributed by atoms with Crippen molar-refractivity contribution >= 4 is 44.2 Å². The van der Waals surface area contributed by atoms with E-state index in [0.717, 1.165) is 15.6 Å². The van der Waals surface area contributed by atoms with Crippen molar-refractivity contribution in [1.82, 2.24) is 19.4 Å². The lowest BCUT2D eigenvalue weighted by Crippen LogP contribution is -2.49. The maximum absolute atomic E-state index is 13.1. The normalized spacial score (nSPS) is 14.7. The Balaban J connectivity index is 1.44. The number of fused-ring (bicyclic) bond motifs is 3. The molecule has 0 radical (unpaired) electrons. The van der Waals surface area contributed by atoms with Gasteiger partial charge in [-0.2, -0.15) is 0 Å². The second-order valence-electron chi connectivity index (χ2n) is 7.06. The molecule has 5 rings (SSSR count). The Kier molecular flexibility index (Phi) is 4.28. The highest BCUT2D eigenvalue weighted by atomic mass is 32.1. The number of aromatic nitrogens is 3. The first kappa shape index (κ1) is 17.8. The van der Waals surface area contributed by atoms with E-state index in [1.165, 1.54) is 11.3 Å². The largest absolute Gasteiger partial charge is 0.337 e. The van der Waals surface area contributed by atoms with E-state index >= 15 is 0 Å². The molecule has 4 aromatic rings. The molecule has 0 unspecified atom stereocenters. The van der Waals surface area contributed by atoms with Gasteiger partial charge in [0.1, 0.15) is 0 Å². The quantitative estimate of drug-likeness (QED) is 0.512. The van der Waals surface area contributed by atoms with Gasteiger partial charge in [-0.25, -0.2) is 9.97 Å². The number of aryl methyl sites for hydroxylation is 1. The van der Waals surface area contributed by atoms with E-state index in [-0.39, 0.29) is 11.5 Å². The van der Waals surface area contributed by atoms with Crippen LogP contribution in [0.2, 0.25) is 0 Å². The summed E-state index contributed by atoms with van der Waals surface area (Å²) in [6.45, 7) is 2.57. The van der Waals surface area contributed by atoms with E-state index in [4.69, 9.17) is 0 Å². The van der Waals surface area contributed by atoms with Crippen LogP contribution in [0.3, 0.4) is 0 Å². The molecule has 4 heterocycles. The Labute approximate surface area is 170 Å². The molecule has 1 fully saturated rings. The predicted octanol–water partition coefficient (Wildman–Crippen LogP) is 2.51. The van der Waals surface area contributed by atoms with Gasteiger partial charge in [-0.15, -0.1) is 11.3 Å². The molecular formula is C21H19N5O2S. The molecule has 1 aliphatic heterocycles. The van der Waals surface area contributed by atoms with Crippen molar-refractivity contribution in [3.8, 4) is 0 Å². The molecule has 0 atom stereocenters. The van der Waals surface area contributed by atoms with Crippen LogP contribution in [0.1, 0.15) is 9.67 Å². The maximum atomic E-state index is 13.1. The minimum absolute atomic E-state index is 0.0223. The van der Waals surface area contributed by atoms with Crippen LogP contribution >= 0.6 is 11.3 Å². The maximum Gasteiger partial charge on any atom is 0.264 e. The second-order valence-corrected chi connectivity index (χ2v) is 8.12. The summed E-state index contributed by atoms with van der Waals surface area (Å²) in [5.41, 5.74) is 0.808. The van der Waals surface area contributed by atoms with Crippen molar-refractivity contribution in [2.24, 2.45) is 7.05 Å². The molecular weight excluding hydrogens is 386 g/mol. The summed E-state index contributed by atoms with van der Waals surface area (Å²) in [6.07, 6.45) is 3.45. The van der Waals surface area contributed by atoms with Gasteiger partial charge in [-0.3, -0.25) is 9.59 Å². The number of benzene rings is 1. The average molecular weight is 405 g/mol. The number of rotatable bonds is 2. The molecule has 0 bridgehead atoms. The van der Waals surface area contributed by atoms with Gasteiger partial charge in [0, 0.05) is 55.7 Å². The highest BCUT2D eigenvalue weighted by Gasteiger charge is 2.25. The molecule has 7 nitrogen and oxygen atoms in total. The van der Waals surface area contributed by atoms with Crippen molar-refractivity contribution in [3.05, 3.63) is 64.0 Å². The number of hydrogen-bond donors (Lipinski definition) is 0. The lowest BCUT2D eigenvalue weighted by molar-refractivity contribution is 0.0751. The van der Waals surface area contributed by atoms with Crippen molar-refractivity contribution in [3.63, 3.8) is 0 Å². The molecule has 1 amide bonds. The van der Waals surface area contributed by atoms with Gasteiger partial charge in [-0.05, 0) is 18.2 Å². The number of hydrogen-bond acceptors (Lipinski definition) is 6. The zero-order valence-electron chi connectivity index (χ0n) is 15.9. The van der Waals surface area contributed by atoms with E-state index in [9.17, 15) is 9.59 Å². The SMILES string of the molecule is Cn1c(=O)c2cc(C(=O)N3CCN(c4ncccn4)CC3)sc2c2ccccc21. The van der Waals surface area contributed by atoms with Crippen molar-refractivity contribution < 1.29 is 4.79 Å². The molecule has 0 saturated carbocycles. The number of pyridine rings is 1. The van der Waals surface area contributed by atoms with E-state index in [1.54, 1.807) is 36.1 Å². The molecule has 3 aromatic heterocycles. The number of piperazine rings is 1. The van der Waals surface area contributed by atoms with Crippen LogP contribution in [0.25, 0.3) is 21.0 Å². The topological polar surface area (TPSA) is 71.3 Å². The number of amides is 1. The van der Waals surface area contributed by atoms with Gasteiger partial charge in [0.2, 0.25) is 5.95 Å². The van der Waals surface area contributed by atoms with Crippen molar-refractivity contribution in [2.45, 2.75) is 0 Å². The number of para-hydroxylation sites is 1. The van der Waals surface area contributed by atoms with E-state index in [2.05, 4.69) is 14.9 Å². The van der Waals surface area contributed by atoms with Gasteiger partial charge >= 0.3 is 0 Å². The van der Waals surface area contributed by atoms with Gasteiger partial charge in [0.15, 0.2) is 0 Å². The van der Waals surface area contributed by atoms with Gasteiger partial charge < -0.3 is 14.4 Å². The summed E-state index contributed by atoms with van der Waals surface area (Å²) in [7, 11) is 1.77. The van der Waals surface area contributed by atoms with Crippen LogP contribution < -0.4 is 10.5 Å². The lowest BCUT2D eigenvalue weighted by atomic mass is 10.1. The molecule has 1 aromatic carbocycles. The minimum Gasteiger partial charge on any atom is -0.337 e. The number of thiophene rings is 1. The summed E-state index contributed by atoms with van der Waals surface area (Å²) >= 11 is 1.41.